The van der Waals surface area contributed by atoms with Crippen LogP contribution in [0.2, 0.25) is 0 Å². The minimum Gasteiger partial charge on any atom is -0.371 e. The molecule has 0 fully saturated rings. The molecule has 1 rings (SSSR count). The Hall–Kier alpha value is -1.38. The fourth-order valence-electron chi connectivity index (χ4n) is 2.00. The zero-order valence-electron chi connectivity index (χ0n) is 10.7. The monoisotopic (exact) mass is 237 g/mol. The van der Waals surface area contributed by atoms with E-state index in [1.807, 2.05) is 25.8 Å². The van der Waals surface area contributed by atoms with Crippen LogP contribution in [0.3, 0.4) is 0 Å². The number of halogens is 1. The molecule has 0 atom stereocenters. The quantitative estimate of drug-likeness (QED) is 0.708. The average Bonchev–Trinajstić information content (AvgIpc) is 2.36. The number of nitrogens with zero attached hydrogens (tertiary/aromatic N) is 1. The summed E-state index contributed by atoms with van der Waals surface area (Å²) in [6, 6.07) is 6.64. The second-order valence-electron chi connectivity index (χ2n) is 4.49. The Morgan fingerprint density at radius 1 is 1.29 bits per heavy atom. The van der Waals surface area contributed by atoms with Crippen molar-refractivity contribution in [3.63, 3.8) is 0 Å². The summed E-state index contributed by atoms with van der Waals surface area (Å²) in [6.07, 6.45) is 2.54. The van der Waals surface area contributed by atoms with Crippen LogP contribution in [0, 0.1) is 11.2 Å². The maximum absolute atomic E-state index is 13.6. The molecule has 0 amide bonds. The van der Waals surface area contributed by atoms with Crippen LogP contribution < -0.4 is 4.90 Å². The van der Waals surface area contributed by atoms with E-state index in [2.05, 4.69) is 0 Å². The summed E-state index contributed by atoms with van der Waals surface area (Å²) in [5, 5.41) is 0. The second kappa shape index (κ2) is 5.80. The lowest BCUT2D eigenvalue weighted by Gasteiger charge is -2.32. The van der Waals surface area contributed by atoms with Gasteiger partial charge in [-0.3, -0.25) is 0 Å². The van der Waals surface area contributed by atoms with Crippen LogP contribution in [0.25, 0.3) is 0 Å². The average molecular weight is 237 g/mol. The van der Waals surface area contributed by atoms with Gasteiger partial charge in [-0.2, -0.15) is 0 Å². The van der Waals surface area contributed by atoms with E-state index >= 15 is 0 Å². The molecule has 0 aliphatic rings. The number of rotatable bonds is 6. The molecule has 0 saturated carbocycles. The minimum absolute atomic E-state index is 0.248. The molecule has 0 radical (unpaired) electrons. The number of hydrogen-bond acceptors (Lipinski definition) is 2. The molecule has 0 heterocycles. The fraction of sp³-hybridized carbons (Fsp3) is 0.500. The van der Waals surface area contributed by atoms with Gasteiger partial charge in [-0.15, -0.1) is 0 Å². The summed E-state index contributed by atoms with van der Waals surface area (Å²) < 4.78 is 13.6. The van der Waals surface area contributed by atoms with Gasteiger partial charge in [0.25, 0.3) is 0 Å². The van der Waals surface area contributed by atoms with Gasteiger partial charge in [0.2, 0.25) is 0 Å². The first kappa shape index (κ1) is 13.7. The lowest BCUT2D eigenvalue weighted by molar-refractivity contribution is -0.116. The van der Waals surface area contributed by atoms with E-state index < -0.39 is 0 Å². The standard InChI is InChI=1S/C14H20FNO/c1-4-14(5-2,11-17)10-16(3)13-9-7-6-8-12(13)15/h6-9,11H,4-5,10H2,1-3H3. The van der Waals surface area contributed by atoms with Crippen LogP contribution in [0.15, 0.2) is 24.3 Å². The molecule has 0 N–H and O–H groups in total. The van der Waals surface area contributed by atoms with Crippen LogP contribution >= 0.6 is 0 Å². The first-order valence-corrected chi connectivity index (χ1v) is 6.00. The highest BCUT2D eigenvalue weighted by Crippen LogP contribution is 2.27. The zero-order valence-corrected chi connectivity index (χ0v) is 10.7. The molecule has 2 nitrogen and oxygen atoms in total. The highest BCUT2D eigenvalue weighted by molar-refractivity contribution is 5.61. The number of aldehydes is 1. The Morgan fingerprint density at radius 2 is 1.88 bits per heavy atom. The van der Waals surface area contributed by atoms with Gasteiger partial charge in [-0.05, 0) is 25.0 Å². The Bertz CT molecular complexity index is 374. The van der Waals surface area contributed by atoms with Crippen LogP contribution in [0.5, 0.6) is 0 Å². The molecule has 0 unspecified atom stereocenters. The minimum atomic E-state index is -0.378. The number of benzene rings is 1. The smallest absolute Gasteiger partial charge is 0.146 e. The van der Waals surface area contributed by atoms with Gasteiger partial charge in [-0.25, -0.2) is 4.39 Å². The molecular formula is C14H20FNO. The normalized spacial score (nSPS) is 11.3. The third-order valence-electron chi connectivity index (χ3n) is 3.47. The number of para-hydroxylation sites is 1. The summed E-state index contributed by atoms with van der Waals surface area (Å²) in [6.45, 7) is 4.53. The summed E-state index contributed by atoms with van der Waals surface area (Å²) >= 11 is 0. The van der Waals surface area contributed by atoms with Gasteiger partial charge < -0.3 is 9.69 Å². The topological polar surface area (TPSA) is 20.3 Å². The first-order valence-electron chi connectivity index (χ1n) is 6.00. The van der Waals surface area contributed by atoms with Crippen molar-refractivity contribution in [2.24, 2.45) is 5.41 Å². The summed E-state index contributed by atoms with van der Waals surface area (Å²) in [4.78, 5) is 13.0. The van der Waals surface area contributed by atoms with Gasteiger partial charge in [0, 0.05) is 19.0 Å². The Kier molecular flexibility index (Phi) is 4.67. The van der Waals surface area contributed by atoms with Crippen molar-refractivity contribution in [1.29, 1.82) is 0 Å². The number of hydrogen-bond donors (Lipinski definition) is 0. The van der Waals surface area contributed by atoms with Gasteiger partial charge in [0.1, 0.15) is 12.1 Å². The number of carbonyl (C=O) groups is 1. The van der Waals surface area contributed by atoms with Crippen molar-refractivity contribution >= 4 is 12.0 Å². The molecule has 0 aromatic heterocycles. The van der Waals surface area contributed by atoms with Gasteiger partial charge in [0.05, 0.1) is 5.69 Å². The molecule has 1 aromatic rings. The van der Waals surface area contributed by atoms with E-state index in [1.165, 1.54) is 6.07 Å². The summed E-state index contributed by atoms with van der Waals surface area (Å²) in [5.74, 6) is -0.248. The predicted octanol–water partition coefficient (Wildman–Crippen LogP) is 3.27. The Balaban J connectivity index is 2.88. The lowest BCUT2D eigenvalue weighted by atomic mass is 9.83. The molecule has 0 saturated heterocycles. The summed E-state index contributed by atoms with van der Waals surface area (Å²) in [5.41, 5.74) is 0.164. The Labute approximate surface area is 102 Å². The Morgan fingerprint density at radius 3 is 2.35 bits per heavy atom. The van der Waals surface area contributed by atoms with Crippen LogP contribution in [0.4, 0.5) is 10.1 Å². The maximum atomic E-state index is 13.6. The van der Waals surface area contributed by atoms with Gasteiger partial charge in [0.15, 0.2) is 0 Å². The molecule has 3 heteroatoms. The van der Waals surface area contributed by atoms with Gasteiger partial charge >= 0.3 is 0 Å². The van der Waals surface area contributed by atoms with Crippen LogP contribution in [-0.4, -0.2) is 19.9 Å². The van der Waals surface area contributed by atoms with Crippen LogP contribution in [-0.2, 0) is 4.79 Å². The fourth-order valence-corrected chi connectivity index (χ4v) is 2.00. The molecule has 17 heavy (non-hydrogen) atoms. The molecule has 0 aliphatic heterocycles. The van der Waals surface area contributed by atoms with E-state index in [4.69, 9.17) is 0 Å². The van der Waals surface area contributed by atoms with E-state index in [1.54, 1.807) is 18.2 Å². The highest BCUT2D eigenvalue weighted by Gasteiger charge is 2.27. The number of carbonyl (C=O) groups excluding carboxylic acids is 1. The predicted molar refractivity (Wildman–Crippen MR) is 68.7 cm³/mol. The van der Waals surface area contributed by atoms with Crippen molar-refractivity contribution in [1.82, 2.24) is 0 Å². The first-order chi connectivity index (χ1) is 8.08. The van der Waals surface area contributed by atoms with E-state index in [0.29, 0.717) is 12.2 Å². The number of anilines is 1. The van der Waals surface area contributed by atoms with Crippen molar-refractivity contribution in [3.05, 3.63) is 30.1 Å². The molecule has 0 bridgehead atoms. The summed E-state index contributed by atoms with van der Waals surface area (Å²) in [7, 11) is 1.82. The maximum Gasteiger partial charge on any atom is 0.146 e. The third-order valence-corrected chi connectivity index (χ3v) is 3.47. The molecule has 1 aromatic carbocycles. The molecule has 0 aliphatic carbocycles. The van der Waals surface area contributed by atoms with Crippen molar-refractivity contribution < 1.29 is 9.18 Å². The molecule has 0 spiro atoms. The van der Waals surface area contributed by atoms with Crippen molar-refractivity contribution in [2.75, 3.05) is 18.5 Å². The molecule has 94 valence electrons. The SMILES string of the molecule is CCC(C=O)(CC)CN(C)c1ccccc1F. The highest BCUT2D eigenvalue weighted by atomic mass is 19.1. The lowest BCUT2D eigenvalue weighted by Crippen LogP contribution is -2.36. The van der Waals surface area contributed by atoms with E-state index in [0.717, 1.165) is 19.1 Å². The zero-order chi connectivity index (χ0) is 12.9. The van der Waals surface area contributed by atoms with Gasteiger partial charge in [-0.1, -0.05) is 26.0 Å². The van der Waals surface area contributed by atoms with E-state index in [-0.39, 0.29) is 11.2 Å². The van der Waals surface area contributed by atoms with Crippen LogP contribution in [0.1, 0.15) is 26.7 Å². The van der Waals surface area contributed by atoms with Crippen molar-refractivity contribution in [3.8, 4) is 0 Å². The second-order valence-corrected chi connectivity index (χ2v) is 4.49. The van der Waals surface area contributed by atoms with E-state index in [9.17, 15) is 9.18 Å². The third kappa shape index (κ3) is 3.05. The molecular weight excluding hydrogens is 217 g/mol. The van der Waals surface area contributed by atoms with Crippen molar-refractivity contribution in [2.45, 2.75) is 26.7 Å². The largest absolute Gasteiger partial charge is 0.371 e.